The number of anilines is 1. The van der Waals surface area contributed by atoms with Gasteiger partial charge >= 0.3 is 0 Å². The van der Waals surface area contributed by atoms with Crippen LogP contribution in [0.25, 0.3) is 0 Å². The second-order valence-electron chi connectivity index (χ2n) is 6.96. The summed E-state index contributed by atoms with van der Waals surface area (Å²) in [5.74, 6) is 0. The van der Waals surface area contributed by atoms with Gasteiger partial charge in [0.2, 0.25) is 0 Å². The highest BCUT2D eigenvalue weighted by molar-refractivity contribution is 5.56. The fourth-order valence-corrected chi connectivity index (χ4v) is 4.02. The number of nitro benzene ring substituents is 1. The number of nitrogens with zero attached hydrogens (tertiary/aromatic N) is 1. The molecule has 1 aromatic carbocycles. The van der Waals surface area contributed by atoms with Crippen LogP contribution >= 0.6 is 0 Å². The number of hydrogen-bond acceptors (Lipinski definition) is 5. The van der Waals surface area contributed by atoms with Crippen molar-refractivity contribution in [2.75, 3.05) is 19.0 Å². The summed E-state index contributed by atoms with van der Waals surface area (Å²) < 4.78 is 11.4. The van der Waals surface area contributed by atoms with Crippen LogP contribution in [0.1, 0.15) is 50.5 Å². The molecule has 1 N–H and O–H groups in total. The van der Waals surface area contributed by atoms with E-state index >= 15 is 0 Å². The van der Waals surface area contributed by atoms with Gasteiger partial charge in [-0.1, -0.05) is 19.3 Å². The van der Waals surface area contributed by atoms with Crippen molar-refractivity contribution >= 4 is 11.4 Å². The zero-order valence-corrected chi connectivity index (χ0v) is 14.3. The fourth-order valence-electron chi connectivity index (χ4n) is 4.02. The van der Waals surface area contributed by atoms with Crippen molar-refractivity contribution in [3.8, 4) is 0 Å². The third kappa shape index (κ3) is 3.87. The first-order valence-electron chi connectivity index (χ1n) is 8.79. The predicted octanol–water partition coefficient (Wildman–Crippen LogP) is 4.04. The normalized spacial score (nSPS) is 23.1. The quantitative estimate of drug-likeness (QED) is 0.650. The molecular formula is C18H26N2O4. The van der Waals surface area contributed by atoms with Gasteiger partial charge in [0, 0.05) is 43.1 Å². The Morgan fingerprint density at radius 1 is 1.38 bits per heavy atom. The SMILES string of the molecule is COCc1cc([N+](=O)[O-])ccc1NC1CCOC2(CCCCC2)C1. The van der Waals surface area contributed by atoms with Crippen LogP contribution in [-0.4, -0.2) is 30.3 Å². The van der Waals surface area contributed by atoms with E-state index < -0.39 is 0 Å². The molecule has 2 aliphatic rings. The number of methoxy groups -OCH3 is 1. The lowest BCUT2D eigenvalue weighted by molar-refractivity contribution is -0.384. The highest BCUT2D eigenvalue weighted by atomic mass is 16.6. The number of nitrogens with one attached hydrogen (secondary N) is 1. The van der Waals surface area contributed by atoms with Crippen LogP contribution in [-0.2, 0) is 16.1 Å². The molecule has 3 rings (SSSR count). The molecule has 24 heavy (non-hydrogen) atoms. The maximum absolute atomic E-state index is 11.0. The Hall–Kier alpha value is -1.66. The number of ether oxygens (including phenoxy) is 2. The van der Waals surface area contributed by atoms with E-state index in [4.69, 9.17) is 9.47 Å². The van der Waals surface area contributed by atoms with Crippen molar-refractivity contribution in [2.45, 2.75) is 63.2 Å². The van der Waals surface area contributed by atoms with Crippen molar-refractivity contribution in [1.29, 1.82) is 0 Å². The molecule has 0 radical (unpaired) electrons. The topological polar surface area (TPSA) is 73.6 Å². The average Bonchev–Trinajstić information content (AvgIpc) is 2.57. The van der Waals surface area contributed by atoms with E-state index in [9.17, 15) is 10.1 Å². The first kappa shape index (κ1) is 17.2. The van der Waals surface area contributed by atoms with Gasteiger partial charge in [-0.25, -0.2) is 0 Å². The van der Waals surface area contributed by atoms with Crippen molar-refractivity contribution < 1.29 is 14.4 Å². The molecule has 2 fully saturated rings. The predicted molar refractivity (Wildman–Crippen MR) is 92.2 cm³/mol. The van der Waals surface area contributed by atoms with Crippen LogP contribution in [0, 0.1) is 10.1 Å². The minimum atomic E-state index is -0.367. The lowest BCUT2D eigenvalue weighted by Gasteiger charge is -2.44. The smallest absolute Gasteiger partial charge is 0.269 e. The zero-order chi connectivity index (χ0) is 17.0. The average molecular weight is 334 g/mol. The third-order valence-corrected chi connectivity index (χ3v) is 5.22. The standard InChI is InChI=1S/C18H26N2O4/c1-23-13-14-11-16(20(21)22)5-6-17(14)19-15-7-10-24-18(12-15)8-3-2-4-9-18/h5-6,11,15,19H,2-4,7-10,12-13H2,1H3. The Morgan fingerprint density at radius 3 is 2.88 bits per heavy atom. The van der Waals surface area contributed by atoms with Crippen LogP contribution < -0.4 is 5.32 Å². The van der Waals surface area contributed by atoms with Gasteiger partial charge in [0.25, 0.3) is 5.69 Å². The van der Waals surface area contributed by atoms with Gasteiger partial charge in [-0.15, -0.1) is 0 Å². The second kappa shape index (κ2) is 7.49. The van der Waals surface area contributed by atoms with Crippen molar-refractivity contribution in [1.82, 2.24) is 0 Å². The summed E-state index contributed by atoms with van der Waals surface area (Å²) in [6, 6.07) is 5.29. The molecule has 6 heteroatoms. The molecule has 1 aliphatic heterocycles. The van der Waals surface area contributed by atoms with Gasteiger partial charge in [0.1, 0.15) is 0 Å². The van der Waals surface area contributed by atoms with Crippen molar-refractivity contribution in [3.05, 3.63) is 33.9 Å². The number of benzene rings is 1. The first-order valence-corrected chi connectivity index (χ1v) is 8.79. The summed E-state index contributed by atoms with van der Waals surface area (Å²) in [4.78, 5) is 10.6. The summed E-state index contributed by atoms with van der Waals surface area (Å²) in [5, 5.41) is 14.6. The van der Waals surface area contributed by atoms with E-state index in [0.29, 0.717) is 12.6 Å². The van der Waals surface area contributed by atoms with E-state index in [1.807, 2.05) is 0 Å². The number of hydrogen-bond donors (Lipinski definition) is 1. The minimum absolute atomic E-state index is 0.0381. The maximum Gasteiger partial charge on any atom is 0.269 e. The number of rotatable bonds is 5. The Kier molecular flexibility index (Phi) is 5.36. The molecule has 6 nitrogen and oxygen atoms in total. The summed E-state index contributed by atoms with van der Waals surface area (Å²) >= 11 is 0. The van der Waals surface area contributed by atoms with Crippen LogP contribution in [0.5, 0.6) is 0 Å². The molecule has 1 heterocycles. The Labute approximate surface area is 142 Å². The van der Waals surface area contributed by atoms with Gasteiger partial charge in [0.15, 0.2) is 0 Å². The molecule has 1 unspecified atom stereocenters. The highest BCUT2D eigenvalue weighted by Gasteiger charge is 2.38. The van der Waals surface area contributed by atoms with Gasteiger partial charge in [-0.2, -0.15) is 0 Å². The maximum atomic E-state index is 11.0. The molecule has 1 spiro atoms. The molecule has 1 aliphatic carbocycles. The van der Waals surface area contributed by atoms with Crippen LogP contribution in [0.15, 0.2) is 18.2 Å². The molecule has 132 valence electrons. The van der Waals surface area contributed by atoms with Crippen molar-refractivity contribution in [2.24, 2.45) is 0 Å². The Bertz CT molecular complexity index is 579. The van der Waals surface area contributed by atoms with E-state index in [2.05, 4.69) is 5.32 Å². The molecule has 0 bridgehead atoms. The van der Waals surface area contributed by atoms with E-state index in [1.165, 1.54) is 19.3 Å². The highest BCUT2D eigenvalue weighted by Crippen LogP contribution is 2.39. The van der Waals surface area contributed by atoms with Gasteiger partial charge in [-0.05, 0) is 31.7 Å². The van der Waals surface area contributed by atoms with E-state index in [-0.39, 0.29) is 16.2 Å². The summed E-state index contributed by atoms with van der Waals surface area (Å²) in [5.41, 5.74) is 1.90. The molecule has 0 amide bonds. The van der Waals surface area contributed by atoms with Crippen molar-refractivity contribution in [3.63, 3.8) is 0 Å². The molecule has 1 aromatic rings. The van der Waals surface area contributed by atoms with Gasteiger partial charge < -0.3 is 14.8 Å². The van der Waals surface area contributed by atoms with E-state index in [0.717, 1.165) is 43.5 Å². The van der Waals surface area contributed by atoms with Crippen LogP contribution in [0.4, 0.5) is 11.4 Å². The van der Waals surface area contributed by atoms with E-state index in [1.54, 1.807) is 25.3 Å². The molecule has 1 saturated carbocycles. The summed E-state index contributed by atoms with van der Waals surface area (Å²) in [6.45, 7) is 1.14. The number of non-ortho nitro benzene ring substituents is 1. The largest absolute Gasteiger partial charge is 0.382 e. The van der Waals surface area contributed by atoms with Crippen LogP contribution in [0.3, 0.4) is 0 Å². The lowest BCUT2D eigenvalue weighted by atomic mass is 9.78. The van der Waals surface area contributed by atoms with Gasteiger partial charge in [-0.3, -0.25) is 10.1 Å². The first-order chi connectivity index (χ1) is 11.6. The lowest BCUT2D eigenvalue weighted by Crippen LogP contribution is -2.45. The second-order valence-corrected chi connectivity index (χ2v) is 6.96. The number of nitro groups is 1. The molecular weight excluding hydrogens is 308 g/mol. The fraction of sp³-hybridized carbons (Fsp3) is 0.667. The zero-order valence-electron chi connectivity index (χ0n) is 14.3. The van der Waals surface area contributed by atoms with Gasteiger partial charge in [0.05, 0.1) is 17.1 Å². The molecule has 1 saturated heterocycles. The summed E-state index contributed by atoms with van der Waals surface area (Å²) in [6.07, 6.45) is 8.08. The molecule has 0 aromatic heterocycles. The monoisotopic (exact) mass is 334 g/mol. The Balaban J connectivity index is 1.73. The molecule has 1 atom stereocenters. The van der Waals surface area contributed by atoms with Crippen LogP contribution in [0.2, 0.25) is 0 Å². The summed E-state index contributed by atoms with van der Waals surface area (Å²) in [7, 11) is 1.61. The Morgan fingerprint density at radius 2 is 2.17 bits per heavy atom. The minimum Gasteiger partial charge on any atom is -0.382 e. The third-order valence-electron chi connectivity index (χ3n) is 5.22.